The Hall–Kier alpha value is -2.56. The Morgan fingerprint density at radius 1 is 1.29 bits per heavy atom. The summed E-state index contributed by atoms with van der Waals surface area (Å²) in [6.45, 7) is 1.57. The van der Waals surface area contributed by atoms with E-state index in [4.69, 9.17) is 10.5 Å². The van der Waals surface area contributed by atoms with Gasteiger partial charge in [0.2, 0.25) is 0 Å². The number of hydrogen-bond donors (Lipinski definition) is 1. The van der Waals surface area contributed by atoms with Crippen LogP contribution in [0.5, 0.6) is 5.75 Å². The van der Waals surface area contributed by atoms with Crippen molar-refractivity contribution in [3.8, 4) is 5.75 Å². The third-order valence-electron chi connectivity index (χ3n) is 3.26. The fourth-order valence-electron chi connectivity index (χ4n) is 2.15. The molecule has 0 radical (unpaired) electrons. The highest BCUT2D eigenvalue weighted by atomic mass is 19.1. The molecule has 0 aliphatic rings. The number of methoxy groups -OCH3 is 1. The highest BCUT2D eigenvalue weighted by Crippen LogP contribution is 2.28. The molecule has 2 aromatic carbocycles. The van der Waals surface area contributed by atoms with Crippen LogP contribution in [0.3, 0.4) is 0 Å². The molecule has 0 unspecified atom stereocenters. The molecule has 0 aromatic heterocycles. The molecule has 0 bridgehead atoms. The molecule has 4 nitrogen and oxygen atoms in total. The SMILES string of the molecule is COc1ccccc1N(C)C(=O)c1cc(N)cc(C)c1F. The highest BCUT2D eigenvalue weighted by Gasteiger charge is 2.21. The van der Waals surface area contributed by atoms with E-state index in [1.165, 1.54) is 24.1 Å². The number of carbonyl (C=O) groups excluding carboxylic acids is 1. The lowest BCUT2D eigenvalue weighted by Crippen LogP contribution is -2.27. The molecule has 0 atom stereocenters. The van der Waals surface area contributed by atoms with E-state index in [9.17, 15) is 9.18 Å². The van der Waals surface area contributed by atoms with Gasteiger partial charge in [-0.2, -0.15) is 0 Å². The van der Waals surface area contributed by atoms with Gasteiger partial charge in [0.25, 0.3) is 5.91 Å². The fourth-order valence-corrected chi connectivity index (χ4v) is 2.15. The monoisotopic (exact) mass is 288 g/mol. The van der Waals surface area contributed by atoms with Gasteiger partial charge in [0.1, 0.15) is 11.6 Å². The Morgan fingerprint density at radius 3 is 2.62 bits per heavy atom. The third-order valence-corrected chi connectivity index (χ3v) is 3.26. The van der Waals surface area contributed by atoms with E-state index in [0.29, 0.717) is 22.7 Å². The number of carbonyl (C=O) groups is 1. The summed E-state index contributed by atoms with van der Waals surface area (Å²) in [6.07, 6.45) is 0. The van der Waals surface area contributed by atoms with E-state index in [1.807, 2.05) is 0 Å². The number of nitrogen functional groups attached to an aromatic ring is 1. The standard InChI is InChI=1S/C16H17FN2O2/c1-10-8-11(18)9-12(15(10)17)16(20)19(2)13-6-4-5-7-14(13)21-3/h4-9H,18H2,1-3H3. The zero-order chi connectivity index (χ0) is 15.6. The first-order valence-electron chi connectivity index (χ1n) is 6.42. The molecule has 2 rings (SSSR count). The van der Waals surface area contributed by atoms with Gasteiger partial charge in [0.05, 0.1) is 18.4 Å². The quantitative estimate of drug-likeness (QED) is 0.883. The molecule has 0 saturated carbocycles. The first-order valence-corrected chi connectivity index (χ1v) is 6.42. The predicted molar refractivity (Wildman–Crippen MR) is 81.3 cm³/mol. The van der Waals surface area contributed by atoms with Gasteiger partial charge in [-0.15, -0.1) is 0 Å². The van der Waals surface area contributed by atoms with Gasteiger partial charge in [-0.3, -0.25) is 4.79 Å². The van der Waals surface area contributed by atoms with Crippen LogP contribution >= 0.6 is 0 Å². The van der Waals surface area contributed by atoms with E-state index < -0.39 is 11.7 Å². The number of halogens is 1. The van der Waals surface area contributed by atoms with Crippen molar-refractivity contribution < 1.29 is 13.9 Å². The molecular weight excluding hydrogens is 271 g/mol. The van der Waals surface area contributed by atoms with Gasteiger partial charge in [-0.05, 0) is 36.8 Å². The van der Waals surface area contributed by atoms with Crippen molar-refractivity contribution in [1.82, 2.24) is 0 Å². The Labute approximate surface area is 122 Å². The summed E-state index contributed by atoms with van der Waals surface area (Å²) in [7, 11) is 3.08. The number of aryl methyl sites for hydroxylation is 1. The topological polar surface area (TPSA) is 55.6 Å². The second-order valence-electron chi connectivity index (χ2n) is 4.74. The second kappa shape index (κ2) is 5.83. The lowest BCUT2D eigenvalue weighted by molar-refractivity contribution is 0.0988. The zero-order valence-corrected chi connectivity index (χ0v) is 12.2. The van der Waals surface area contributed by atoms with Crippen molar-refractivity contribution >= 4 is 17.3 Å². The van der Waals surface area contributed by atoms with Crippen LogP contribution in [0.4, 0.5) is 15.8 Å². The minimum absolute atomic E-state index is 0.0547. The molecule has 2 aromatic rings. The molecule has 2 N–H and O–H groups in total. The van der Waals surface area contributed by atoms with E-state index in [1.54, 1.807) is 38.2 Å². The number of rotatable bonds is 3. The normalized spacial score (nSPS) is 10.3. The van der Waals surface area contributed by atoms with E-state index in [0.717, 1.165) is 0 Å². The molecule has 0 fully saturated rings. The summed E-state index contributed by atoms with van der Waals surface area (Å²) in [5, 5.41) is 0. The summed E-state index contributed by atoms with van der Waals surface area (Å²) >= 11 is 0. The molecule has 21 heavy (non-hydrogen) atoms. The van der Waals surface area contributed by atoms with Crippen LogP contribution < -0.4 is 15.4 Å². The molecule has 110 valence electrons. The Balaban J connectivity index is 2.45. The fraction of sp³-hybridized carbons (Fsp3) is 0.188. The van der Waals surface area contributed by atoms with E-state index in [-0.39, 0.29) is 5.56 Å². The number of amides is 1. The number of anilines is 2. The predicted octanol–water partition coefficient (Wildman–Crippen LogP) is 3.00. The zero-order valence-electron chi connectivity index (χ0n) is 12.2. The molecule has 0 spiro atoms. The number of nitrogens with zero attached hydrogens (tertiary/aromatic N) is 1. The highest BCUT2D eigenvalue weighted by molar-refractivity contribution is 6.07. The van der Waals surface area contributed by atoms with Gasteiger partial charge in [-0.25, -0.2) is 4.39 Å². The Morgan fingerprint density at radius 2 is 1.95 bits per heavy atom. The Bertz CT molecular complexity index is 686. The largest absolute Gasteiger partial charge is 0.495 e. The molecule has 0 heterocycles. The van der Waals surface area contributed by atoms with Crippen molar-refractivity contribution in [2.24, 2.45) is 0 Å². The summed E-state index contributed by atoms with van der Waals surface area (Å²) in [5.74, 6) is -0.502. The minimum Gasteiger partial charge on any atom is -0.495 e. The lowest BCUT2D eigenvalue weighted by Gasteiger charge is -2.20. The maximum absolute atomic E-state index is 14.2. The molecule has 0 aliphatic heterocycles. The number of hydrogen-bond acceptors (Lipinski definition) is 3. The average molecular weight is 288 g/mol. The van der Waals surface area contributed by atoms with Crippen LogP contribution in [0.15, 0.2) is 36.4 Å². The Kier molecular flexibility index (Phi) is 4.12. The van der Waals surface area contributed by atoms with Crippen molar-refractivity contribution in [1.29, 1.82) is 0 Å². The summed E-state index contributed by atoms with van der Waals surface area (Å²) in [4.78, 5) is 13.9. The van der Waals surface area contributed by atoms with E-state index >= 15 is 0 Å². The van der Waals surface area contributed by atoms with E-state index in [2.05, 4.69) is 0 Å². The number of benzene rings is 2. The summed E-state index contributed by atoms with van der Waals surface area (Å²) in [6, 6.07) is 9.88. The van der Waals surface area contributed by atoms with Crippen molar-refractivity contribution in [3.63, 3.8) is 0 Å². The van der Waals surface area contributed by atoms with Crippen molar-refractivity contribution in [2.75, 3.05) is 24.8 Å². The van der Waals surface area contributed by atoms with Gasteiger partial charge in [0.15, 0.2) is 0 Å². The second-order valence-corrected chi connectivity index (χ2v) is 4.74. The molecule has 0 saturated heterocycles. The van der Waals surface area contributed by atoms with Crippen LogP contribution in [0.25, 0.3) is 0 Å². The van der Waals surface area contributed by atoms with Crippen LogP contribution in [0, 0.1) is 12.7 Å². The number of para-hydroxylation sites is 2. The maximum atomic E-state index is 14.2. The minimum atomic E-state index is -0.559. The lowest BCUT2D eigenvalue weighted by atomic mass is 10.1. The van der Waals surface area contributed by atoms with Crippen molar-refractivity contribution in [3.05, 3.63) is 53.3 Å². The number of ether oxygens (including phenoxy) is 1. The molecule has 1 amide bonds. The van der Waals surface area contributed by atoms with Crippen LogP contribution in [0.2, 0.25) is 0 Å². The van der Waals surface area contributed by atoms with Crippen molar-refractivity contribution in [2.45, 2.75) is 6.92 Å². The van der Waals surface area contributed by atoms with Gasteiger partial charge < -0.3 is 15.4 Å². The van der Waals surface area contributed by atoms with Gasteiger partial charge >= 0.3 is 0 Å². The molecule has 5 heteroatoms. The molecular formula is C16H17FN2O2. The van der Waals surface area contributed by atoms with Gasteiger partial charge in [0, 0.05) is 12.7 Å². The first-order chi connectivity index (χ1) is 9.95. The maximum Gasteiger partial charge on any atom is 0.261 e. The average Bonchev–Trinajstić information content (AvgIpc) is 2.49. The first kappa shape index (κ1) is 14.8. The molecule has 0 aliphatic carbocycles. The smallest absolute Gasteiger partial charge is 0.261 e. The van der Waals surface area contributed by atoms with Crippen LogP contribution in [-0.4, -0.2) is 20.1 Å². The van der Waals surface area contributed by atoms with Crippen LogP contribution in [-0.2, 0) is 0 Å². The summed E-state index contributed by atoms with van der Waals surface area (Å²) in [5.41, 5.74) is 6.90. The third kappa shape index (κ3) is 2.81. The number of nitrogens with two attached hydrogens (primary N) is 1. The van der Waals surface area contributed by atoms with Gasteiger partial charge in [-0.1, -0.05) is 12.1 Å². The summed E-state index contributed by atoms with van der Waals surface area (Å²) < 4.78 is 19.4. The van der Waals surface area contributed by atoms with Crippen LogP contribution in [0.1, 0.15) is 15.9 Å².